The van der Waals surface area contributed by atoms with Crippen LogP contribution in [0.3, 0.4) is 0 Å². The van der Waals surface area contributed by atoms with E-state index in [1.165, 1.54) is 5.56 Å². The molecule has 1 fully saturated rings. The first kappa shape index (κ1) is 14.3. The van der Waals surface area contributed by atoms with Gasteiger partial charge in [-0.15, -0.1) is 0 Å². The summed E-state index contributed by atoms with van der Waals surface area (Å²) < 4.78 is 11.1. The van der Waals surface area contributed by atoms with Crippen LogP contribution in [0, 0.1) is 6.92 Å². The Morgan fingerprint density at radius 2 is 2.21 bits per heavy atom. The third-order valence-electron chi connectivity index (χ3n) is 3.15. The molecule has 2 rings (SSSR count). The SMILES string of the molecule is Cc1nc(OC2CCOC2)ccc1CNC(C)(C)C. The fourth-order valence-electron chi connectivity index (χ4n) is 1.96. The van der Waals surface area contributed by atoms with E-state index >= 15 is 0 Å². The summed E-state index contributed by atoms with van der Waals surface area (Å²) in [6.07, 6.45) is 1.11. The molecule has 0 aromatic carbocycles. The van der Waals surface area contributed by atoms with Gasteiger partial charge in [-0.2, -0.15) is 0 Å². The molecule has 2 heterocycles. The molecule has 1 aromatic heterocycles. The normalized spacial score (nSPS) is 19.7. The lowest BCUT2D eigenvalue weighted by Gasteiger charge is -2.21. The van der Waals surface area contributed by atoms with Gasteiger partial charge in [0, 0.05) is 30.3 Å². The molecule has 4 heteroatoms. The fourth-order valence-corrected chi connectivity index (χ4v) is 1.96. The zero-order valence-electron chi connectivity index (χ0n) is 12.3. The van der Waals surface area contributed by atoms with Crippen molar-refractivity contribution in [3.8, 4) is 5.88 Å². The molecule has 0 saturated carbocycles. The van der Waals surface area contributed by atoms with Crippen LogP contribution in [0.2, 0.25) is 0 Å². The van der Waals surface area contributed by atoms with Crippen LogP contribution in [-0.4, -0.2) is 29.8 Å². The smallest absolute Gasteiger partial charge is 0.213 e. The van der Waals surface area contributed by atoms with Crippen molar-refractivity contribution in [2.45, 2.75) is 52.3 Å². The van der Waals surface area contributed by atoms with E-state index in [1.54, 1.807) is 0 Å². The van der Waals surface area contributed by atoms with Gasteiger partial charge in [0.1, 0.15) is 6.10 Å². The van der Waals surface area contributed by atoms with Crippen molar-refractivity contribution >= 4 is 0 Å². The van der Waals surface area contributed by atoms with E-state index in [0.717, 1.165) is 25.3 Å². The van der Waals surface area contributed by atoms with Gasteiger partial charge in [0.05, 0.1) is 13.2 Å². The number of pyridine rings is 1. The second-order valence-electron chi connectivity index (χ2n) is 6.10. The van der Waals surface area contributed by atoms with Crippen LogP contribution >= 0.6 is 0 Å². The number of nitrogens with one attached hydrogen (secondary N) is 1. The molecule has 1 aliphatic heterocycles. The standard InChI is InChI=1S/C15H24N2O2/c1-11-12(9-16-15(2,3)4)5-6-14(17-11)19-13-7-8-18-10-13/h5-6,13,16H,7-10H2,1-4H3. The summed E-state index contributed by atoms with van der Waals surface area (Å²) in [7, 11) is 0. The summed E-state index contributed by atoms with van der Waals surface area (Å²) in [4.78, 5) is 4.52. The highest BCUT2D eigenvalue weighted by Crippen LogP contribution is 2.17. The number of aromatic nitrogens is 1. The lowest BCUT2D eigenvalue weighted by molar-refractivity contribution is 0.138. The van der Waals surface area contributed by atoms with Crippen LogP contribution in [0.5, 0.6) is 5.88 Å². The number of rotatable bonds is 4. The van der Waals surface area contributed by atoms with Gasteiger partial charge >= 0.3 is 0 Å². The average Bonchev–Trinajstić information content (AvgIpc) is 2.79. The number of ether oxygens (including phenoxy) is 2. The summed E-state index contributed by atoms with van der Waals surface area (Å²) >= 11 is 0. The van der Waals surface area contributed by atoms with Crippen LogP contribution in [0.25, 0.3) is 0 Å². The number of nitrogens with zero attached hydrogens (tertiary/aromatic N) is 1. The molecule has 1 aromatic rings. The van der Waals surface area contributed by atoms with Gasteiger partial charge in [0.25, 0.3) is 0 Å². The summed E-state index contributed by atoms with van der Waals surface area (Å²) in [6.45, 7) is 10.8. The first-order valence-corrected chi connectivity index (χ1v) is 6.90. The minimum atomic E-state index is 0.114. The Hall–Kier alpha value is -1.13. The first-order chi connectivity index (χ1) is 8.94. The molecule has 4 nitrogen and oxygen atoms in total. The van der Waals surface area contributed by atoms with E-state index in [0.29, 0.717) is 12.5 Å². The van der Waals surface area contributed by atoms with Crippen LogP contribution in [0.4, 0.5) is 0 Å². The van der Waals surface area contributed by atoms with Crippen LogP contribution in [0.15, 0.2) is 12.1 Å². The van der Waals surface area contributed by atoms with Crippen molar-refractivity contribution < 1.29 is 9.47 Å². The Bertz CT molecular complexity index is 421. The molecular formula is C15H24N2O2. The van der Waals surface area contributed by atoms with E-state index in [1.807, 2.05) is 13.0 Å². The first-order valence-electron chi connectivity index (χ1n) is 6.90. The van der Waals surface area contributed by atoms with Gasteiger partial charge in [0.15, 0.2) is 0 Å². The quantitative estimate of drug-likeness (QED) is 0.907. The fraction of sp³-hybridized carbons (Fsp3) is 0.667. The van der Waals surface area contributed by atoms with Gasteiger partial charge < -0.3 is 14.8 Å². The molecule has 1 unspecified atom stereocenters. The maximum atomic E-state index is 5.80. The largest absolute Gasteiger partial charge is 0.472 e. The average molecular weight is 264 g/mol. The lowest BCUT2D eigenvalue weighted by atomic mass is 10.1. The molecule has 1 N–H and O–H groups in total. The Morgan fingerprint density at radius 3 is 2.79 bits per heavy atom. The third-order valence-corrected chi connectivity index (χ3v) is 3.15. The predicted molar refractivity (Wildman–Crippen MR) is 75.4 cm³/mol. The second kappa shape index (κ2) is 5.88. The Labute approximate surface area is 115 Å². The van der Waals surface area contributed by atoms with Crippen LogP contribution in [0.1, 0.15) is 38.4 Å². The molecule has 1 aliphatic rings. The maximum absolute atomic E-state index is 5.80. The molecule has 19 heavy (non-hydrogen) atoms. The summed E-state index contributed by atoms with van der Waals surface area (Å²) in [5, 5.41) is 3.47. The molecule has 0 aliphatic carbocycles. The van der Waals surface area contributed by atoms with E-state index in [9.17, 15) is 0 Å². The van der Waals surface area contributed by atoms with Crippen LogP contribution < -0.4 is 10.1 Å². The van der Waals surface area contributed by atoms with Crippen molar-refractivity contribution in [3.05, 3.63) is 23.4 Å². The van der Waals surface area contributed by atoms with Crippen molar-refractivity contribution in [2.75, 3.05) is 13.2 Å². The Morgan fingerprint density at radius 1 is 1.42 bits per heavy atom. The third kappa shape index (κ3) is 4.48. The van der Waals surface area contributed by atoms with Gasteiger partial charge in [-0.3, -0.25) is 0 Å². The number of hydrogen-bond acceptors (Lipinski definition) is 4. The molecular weight excluding hydrogens is 240 g/mol. The van der Waals surface area contributed by atoms with Crippen molar-refractivity contribution in [3.63, 3.8) is 0 Å². The van der Waals surface area contributed by atoms with Crippen molar-refractivity contribution in [2.24, 2.45) is 0 Å². The highest BCUT2D eigenvalue weighted by Gasteiger charge is 2.18. The molecule has 106 valence electrons. The minimum Gasteiger partial charge on any atom is -0.472 e. The maximum Gasteiger partial charge on any atom is 0.213 e. The highest BCUT2D eigenvalue weighted by molar-refractivity contribution is 5.25. The second-order valence-corrected chi connectivity index (χ2v) is 6.10. The predicted octanol–water partition coefficient (Wildman–Crippen LogP) is 2.45. The summed E-state index contributed by atoms with van der Waals surface area (Å²) in [5.41, 5.74) is 2.35. The molecule has 1 atom stereocenters. The van der Waals surface area contributed by atoms with Gasteiger partial charge in [-0.1, -0.05) is 6.07 Å². The molecule has 1 saturated heterocycles. The molecule has 0 spiro atoms. The number of hydrogen-bond donors (Lipinski definition) is 1. The molecule has 0 bridgehead atoms. The summed E-state index contributed by atoms with van der Waals surface area (Å²) in [5.74, 6) is 0.701. The zero-order chi connectivity index (χ0) is 13.9. The van der Waals surface area contributed by atoms with E-state index < -0.39 is 0 Å². The Balaban J connectivity index is 1.96. The van der Waals surface area contributed by atoms with E-state index in [4.69, 9.17) is 9.47 Å². The van der Waals surface area contributed by atoms with Crippen molar-refractivity contribution in [1.29, 1.82) is 0 Å². The highest BCUT2D eigenvalue weighted by atomic mass is 16.5. The van der Waals surface area contributed by atoms with Gasteiger partial charge in [-0.05, 0) is 33.3 Å². The van der Waals surface area contributed by atoms with E-state index in [-0.39, 0.29) is 11.6 Å². The van der Waals surface area contributed by atoms with Crippen molar-refractivity contribution in [1.82, 2.24) is 10.3 Å². The van der Waals surface area contributed by atoms with Gasteiger partial charge in [-0.25, -0.2) is 4.98 Å². The molecule has 0 radical (unpaired) electrons. The Kier molecular flexibility index (Phi) is 4.42. The molecule has 0 amide bonds. The monoisotopic (exact) mass is 264 g/mol. The van der Waals surface area contributed by atoms with E-state index in [2.05, 4.69) is 37.1 Å². The lowest BCUT2D eigenvalue weighted by Crippen LogP contribution is -2.35. The number of aryl methyl sites for hydroxylation is 1. The summed E-state index contributed by atoms with van der Waals surface area (Å²) in [6, 6.07) is 4.04. The topological polar surface area (TPSA) is 43.4 Å². The zero-order valence-corrected chi connectivity index (χ0v) is 12.3. The minimum absolute atomic E-state index is 0.114. The van der Waals surface area contributed by atoms with Crippen LogP contribution in [-0.2, 0) is 11.3 Å². The van der Waals surface area contributed by atoms with Gasteiger partial charge in [0.2, 0.25) is 5.88 Å².